The van der Waals surface area contributed by atoms with Crippen molar-refractivity contribution in [2.45, 2.75) is 39.3 Å². The van der Waals surface area contributed by atoms with Crippen LogP contribution in [0.1, 0.15) is 0 Å². The van der Waals surface area contributed by atoms with Crippen LogP contribution in [0.2, 0.25) is 39.3 Å². The van der Waals surface area contributed by atoms with Crippen molar-refractivity contribution < 1.29 is 31.9 Å². The van der Waals surface area contributed by atoms with E-state index >= 15 is 0 Å². The van der Waals surface area contributed by atoms with Crippen LogP contribution in [0.3, 0.4) is 0 Å². The normalized spacial score (nSPS) is 10.4. The second-order valence-corrected chi connectivity index (χ2v) is 24.2. The van der Waals surface area contributed by atoms with Gasteiger partial charge in [0.05, 0.1) is 0 Å². The molecule has 6 aromatic rings. The topological polar surface area (TPSA) is 40.5 Å². The second kappa shape index (κ2) is 19.9. The van der Waals surface area contributed by atoms with E-state index in [-0.39, 0.29) is 21.7 Å². The zero-order valence-corrected chi connectivity index (χ0v) is 33.4. The van der Waals surface area contributed by atoms with Crippen molar-refractivity contribution in [1.29, 1.82) is 0 Å². The summed E-state index contributed by atoms with van der Waals surface area (Å²) in [5.74, 6) is 0.666. The maximum absolute atomic E-state index is 10.5. The molecule has 2 N–H and O–H groups in total. The van der Waals surface area contributed by atoms with Crippen molar-refractivity contribution in [3.05, 3.63) is 171 Å². The fourth-order valence-electron chi connectivity index (χ4n) is 4.49. The Kier molecular flexibility index (Phi) is 16.8. The van der Waals surface area contributed by atoms with Crippen LogP contribution in [0.4, 0.5) is 0 Å². The van der Waals surface area contributed by atoms with Gasteiger partial charge in [0.1, 0.15) is 11.5 Å². The van der Waals surface area contributed by atoms with Gasteiger partial charge in [0.25, 0.3) is 0 Å². The van der Waals surface area contributed by atoms with Crippen LogP contribution >= 0.6 is 0 Å². The van der Waals surface area contributed by atoms with Crippen LogP contribution < -0.4 is 0 Å². The third kappa shape index (κ3) is 15.0. The molecule has 6 aromatic carbocycles. The molecule has 5 heteroatoms. The van der Waals surface area contributed by atoms with Gasteiger partial charge in [-0.3, -0.25) is 0 Å². The molecule has 0 heterocycles. The molecule has 2 nitrogen and oxygen atoms in total. The molecule has 0 aliphatic heterocycles. The van der Waals surface area contributed by atoms with Crippen molar-refractivity contribution in [3.8, 4) is 56.0 Å². The van der Waals surface area contributed by atoms with Gasteiger partial charge in [-0.1, -0.05) is 197 Å². The summed E-state index contributed by atoms with van der Waals surface area (Å²) in [7, 11) is -1.72. The minimum Gasteiger partial charge on any atom is -0.507 e. The summed E-state index contributed by atoms with van der Waals surface area (Å²) in [5.41, 5.74) is 7.55. The Bertz CT molecular complexity index is 1530. The van der Waals surface area contributed by atoms with E-state index in [0.717, 1.165) is 44.5 Å². The van der Waals surface area contributed by atoms with Gasteiger partial charge in [0, 0.05) is 22.3 Å². The first-order valence-corrected chi connectivity index (χ1v) is 23.7. The van der Waals surface area contributed by atoms with Crippen molar-refractivity contribution in [2.24, 2.45) is 0 Å². The number of aromatic hydroxyl groups is 2. The van der Waals surface area contributed by atoms with Gasteiger partial charge in [-0.2, -0.15) is 0 Å². The summed E-state index contributed by atoms with van der Waals surface area (Å²) >= 11 is 0. The van der Waals surface area contributed by atoms with E-state index in [0.29, 0.717) is 11.5 Å². The molecule has 0 unspecified atom stereocenters. The van der Waals surface area contributed by atoms with E-state index in [1.165, 1.54) is 0 Å². The second-order valence-electron chi connectivity index (χ2n) is 14.0. The fraction of sp³-hybridized carbons (Fsp3) is 0.136. The van der Waals surface area contributed by atoms with Gasteiger partial charge >= 0.3 is 21.7 Å². The quantitative estimate of drug-likeness (QED) is 0.141. The number of benzene rings is 6. The number of phenols is 2. The van der Waals surface area contributed by atoms with Crippen molar-refractivity contribution >= 4 is 16.1 Å². The number of hydrogen-bond donors (Lipinski definition) is 2. The molecular formula is C44H50O2Si2Ti. The van der Waals surface area contributed by atoms with Gasteiger partial charge < -0.3 is 23.3 Å². The Hall–Kier alpha value is -3.93. The van der Waals surface area contributed by atoms with E-state index in [9.17, 15) is 10.2 Å². The van der Waals surface area contributed by atoms with E-state index in [1.807, 2.05) is 158 Å². The van der Waals surface area contributed by atoms with E-state index in [4.69, 9.17) is 0 Å². The molecule has 0 aliphatic carbocycles. The summed E-state index contributed by atoms with van der Waals surface area (Å²) in [6.07, 6.45) is 0. The minimum atomic E-state index is -0.861. The molecule has 0 saturated carbocycles. The zero-order chi connectivity index (χ0) is 35.2. The van der Waals surface area contributed by atoms with Gasteiger partial charge in [-0.15, -0.1) is 16.1 Å². The van der Waals surface area contributed by atoms with E-state index < -0.39 is 16.1 Å². The summed E-state index contributed by atoms with van der Waals surface area (Å²) in [6.45, 7) is 21.1. The molecule has 49 heavy (non-hydrogen) atoms. The summed E-state index contributed by atoms with van der Waals surface area (Å²) in [6, 6.07) is 51.5. The Morgan fingerprint density at radius 2 is 0.490 bits per heavy atom. The van der Waals surface area contributed by atoms with Crippen molar-refractivity contribution in [3.63, 3.8) is 0 Å². The molecule has 6 rings (SSSR count). The van der Waals surface area contributed by atoms with Gasteiger partial charge in [-0.25, -0.2) is 0 Å². The standard InChI is InChI=1S/2C18H14O.2C4H11Si.Ti/c2*19-18-16(14-8-3-1-4-9-14)12-7-13-17(18)15-10-5-2-6-11-15;2*1-5(2,3)4;/h2*1-13,19H;2*1H2,2-4H3;/q;;2*-1;+2. The van der Waals surface area contributed by atoms with Crippen LogP contribution in [-0.4, -0.2) is 26.4 Å². The third-order valence-electron chi connectivity index (χ3n) is 6.41. The third-order valence-corrected chi connectivity index (χ3v) is 6.41. The van der Waals surface area contributed by atoms with Crippen LogP contribution in [0, 0.1) is 13.1 Å². The van der Waals surface area contributed by atoms with Crippen LogP contribution in [0.5, 0.6) is 11.5 Å². The monoisotopic (exact) mass is 714 g/mol. The zero-order valence-electron chi connectivity index (χ0n) is 29.8. The van der Waals surface area contributed by atoms with Crippen LogP contribution in [0.15, 0.2) is 158 Å². The summed E-state index contributed by atoms with van der Waals surface area (Å²) in [5, 5.41) is 21.0. The SMILES string of the molecule is Oc1c(-c2ccccc2)cccc1-c1ccccc1.Oc1c(-c2ccccc2)cccc1-c1ccccc1.[CH2-][Si](C)(C)C.[CH2-][Si](C)(C)C.[Ti+2]. The number of rotatable bonds is 4. The van der Waals surface area contributed by atoms with Gasteiger partial charge in [0.2, 0.25) is 0 Å². The molecule has 0 bridgehead atoms. The van der Waals surface area contributed by atoms with Gasteiger partial charge in [-0.05, 0) is 22.3 Å². The van der Waals surface area contributed by atoms with E-state index in [2.05, 4.69) is 52.4 Å². The molecule has 0 aliphatic rings. The molecule has 0 fully saturated rings. The van der Waals surface area contributed by atoms with Crippen molar-refractivity contribution in [1.82, 2.24) is 0 Å². The van der Waals surface area contributed by atoms with Gasteiger partial charge in [0.15, 0.2) is 0 Å². The largest absolute Gasteiger partial charge is 2.00 e. The van der Waals surface area contributed by atoms with Crippen molar-refractivity contribution in [2.75, 3.05) is 0 Å². The predicted octanol–water partition coefficient (Wildman–Crippen LogP) is 12.8. The maximum Gasteiger partial charge on any atom is 2.00 e. The maximum atomic E-state index is 10.5. The average molecular weight is 715 g/mol. The van der Waals surface area contributed by atoms with E-state index in [1.54, 1.807) is 0 Å². The number of hydrogen-bond acceptors (Lipinski definition) is 2. The summed E-state index contributed by atoms with van der Waals surface area (Å²) in [4.78, 5) is 0. The fourth-order valence-corrected chi connectivity index (χ4v) is 4.49. The predicted molar refractivity (Wildman–Crippen MR) is 215 cm³/mol. The molecule has 0 radical (unpaired) electrons. The first kappa shape index (κ1) is 41.2. The smallest absolute Gasteiger partial charge is 0.507 e. The molecule has 0 spiro atoms. The Labute approximate surface area is 312 Å². The molecule has 0 saturated heterocycles. The first-order valence-electron chi connectivity index (χ1n) is 16.3. The Morgan fingerprint density at radius 1 is 0.327 bits per heavy atom. The Balaban J connectivity index is 0.000000264. The molecule has 0 amide bonds. The molecular weight excluding hydrogens is 665 g/mol. The number of para-hydroxylation sites is 2. The minimum absolute atomic E-state index is 0. The summed E-state index contributed by atoms with van der Waals surface area (Å²) < 4.78 is 0. The average Bonchev–Trinajstić information content (AvgIpc) is 3.05. The molecule has 250 valence electrons. The van der Waals surface area contributed by atoms with Crippen LogP contribution in [0.25, 0.3) is 44.5 Å². The van der Waals surface area contributed by atoms with Crippen LogP contribution in [-0.2, 0) is 21.7 Å². The number of phenolic OH excluding ortho intramolecular Hbond substituents is 2. The Morgan fingerprint density at radius 3 is 0.653 bits per heavy atom. The molecule has 0 atom stereocenters. The molecule has 0 aromatic heterocycles. The first-order chi connectivity index (χ1) is 22.7.